The SMILES string of the molecule is Cc1ncc2c(Cl)ncc([Si](C)(C)C)n12. The molecule has 2 rings (SSSR count). The molecule has 0 bridgehead atoms. The minimum absolute atomic E-state index is 0.526. The Labute approximate surface area is 95.1 Å². The van der Waals surface area contributed by atoms with Crippen molar-refractivity contribution < 1.29 is 0 Å². The number of halogens is 1. The Morgan fingerprint density at radius 3 is 2.47 bits per heavy atom. The second-order valence-electron chi connectivity index (χ2n) is 4.71. The molecule has 5 heteroatoms. The maximum Gasteiger partial charge on any atom is 0.154 e. The molecule has 0 unspecified atom stereocenters. The number of hydrogen-bond donors (Lipinski definition) is 0. The average Bonchev–Trinajstić information content (AvgIpc) is 2.48. The van der Waals surface area contributed by atoms with Gasteiger partial charge in [0.15, 0.2) is 5.15 Å². The fraction of sp³-hybridized carbons (Fsp3) is 0.400. The highest BCUT2D eigenvalue weighted by Gasteiger charge is 2.22. The van der Waals surface area contributed by atoms with Crippen molar-refractivity contribution in [1.82, 2.24) is 14.4 Å². The van der Waals surface area contributed by atoms with Gasteiger partial charge in [0.05, 0.1) is 6.20 Å². The van der Waals surface area contributed by atoms with Crippen molar-refractivity contribution in [3.8, 4) is 0 Å². The lowest BCUT2D eigenvalue weighted by Crippen LogP contribution is -2.42. The first-order valence-electron chi connectivity index (χ1n) is 4.90. The number of fused-ring (bicyclic) bond motifs is 1. The number of hydrogen-bond acceptors (Lipinski definition) is 2. The van der Waals surface area contributed by atoms with Gasteiger partial charge in [0.1, 0.15) is 19.4 Å². The molecule has 2 aromatic heterocycles. The lowest BCUT2D eigenvalue weighted by atomic mass is 10.6. The van der Waals surface area contributed by atoms with E-state index in [1.54, 1.807) is 6.20 Å². The fourth-order valence-electron chi connectivity index (χ4n) is 1.66. The Morgan fingerprint density at radius 2 is 1.87 bits per heavy atom. The molecule has 0 amide bonds. The Hall–Kier alpha value is -0.873. The van der Waals surface area contributed by atoms with Gasteiger partial charge in [-0.25, -0.2) is 9.97 Å². The fourth-order valence-corrected chi connectivity index (χ4v) is 3.25. The Bertz CT molecular complexity index is 513. The van der Waals surface area contributed by atoms with E-state index in [9.17, 15) is 0 Å². The zero-order valence-corrected chi connectivity index (χ0v) is 11.1. The molecule has 80 valence electrons. The molecule has 0 atom stereocenters. The predicted molar refractivity (Wildman–Crippen MR) is 65.7 cm³/mol. The van der Waals surface area contributed by atoms with Gasteiger partial charge in [0, 0.05) is 11.5 Å². The van der Waals surface area contributed by atoms with Crippen molar-refractivity contribution in [3.05, 3.63) is 23.4 Å². The third-order valence-electron chi connectivity index (χ3n) is 2.46. The Morgan fingerprint density at radius 1 is 1.20 bits per heavy atom. The molecule has 2 aromatic rings. The molecule has 0 fully saturated rings. The number of aromatic nitrogens is 3. The van der Waals surface area contributed by atoms with E-state index in [4.69, 9.17) is 11.6 Å². The highest BCUT2D eigenvalue weighted by atomic mass is 35.5. The van der Waals surface area contributed by atoms with Crippen LogP contribution in [0, 0.1) is 6.92 Å². The van der Waals surface area contributed by atoms with Crippen LogP contribution in [-0.4, -0.2) is 22.4 Å². The summed E-state index contributed by atoms with van der Waals surface area (Å²) >= 11 is 6.04. The van der Waals surface area contributed by atoms with Crippen LogP contribution in [0.4, 0.5) is 0 Å². The number of nitrogens with zero attached hydrogens (tertiary/aromatic N) is 3. The molecule has 15 heavy (non-hydrogen) atoms. The first-order valence-corrected chi connectivity index (χ1v) is 8.78. The quantitative estimate of drug-likeness (QED) is 0.715. The van der Waals surface area contributed by atoms with E-state index in [1.165, 1.54) is 5.32 Å². The average molecular weight is 240 g/mol. The van der Waals surface area contributed by atoms with Crippen molar-refractivity contribution in [2.75, 3.05) is 0 Å². The highest BCUT2D eigenvalue weighted by molar-refractivity contribution is 6.88. The van der Waals surface area contributed by atoms with E-state index in [1.807, 2.05) is 13.1 Å². The Balaban J connectivity index is 2.87. The van der Waals surface area contributed by atoms with E-state index in [-0.39, 0.29) is 0 Å². The van der Waals surface area contributed by atoms with E-state index in [0.717, 1.165) is 11.3 Å². The Kier molecular flexibility index (Phi) is 2.35. The summed E-state index contributed by atoms with van der Waals surface area (Å²) in [5.74, 6) is 0.978. The zero-order valence-electron chi connectivity index (χ0n) is 9.37. The normalized spacial score (nSPS) is 12.3. The molecule has 0 N–H and O–H groups in total. The first kappa shape index (κ1) is 10.6. The van der Waals surface area contributed by atoms with Gasteiger partial charge < -0.3 is 4.40 Å². The molecule has 3 nitrogen and oxygen atoms in total. The summed E-state index contributed by atoms with van der Waals surface area (Å²) in [6.07, 6.45) is 3.67. The summed E-state index contributed by atoms with van der Waals surface area (Å²) < 4.78 is 2.13. The van der Waals surface area contributed by atoms with Crippen LogP contribution in [0.25, 0.3) is 5.52 Å². The molecule has 0 aliphatic rings. The highest BCUT2D eigenvalue weighted by Crippen LogP contribution is 2.15. The van der Waals surface area contributed by atoms with Crippen LogP contribution < -0.4 is 5.32 Å². The minimum atomic E-state index is -1.41. The van der Waals surface area contributed by atoms with Gasteiger partial charge in [-0.2, -0.15) is 0 Å². The lowest BCUT2D eigenvalue weighted by molar-refractivity contribution is 1.05. The third kappa shape index (κ3) is 1.68. The van der Waals surface area contributed by atoms with Crippen LogP contribution in [-0.2, 0) is 0 Å². The molecule has 2 heterocycles. The van der Waals surface area contributed by atoms with E-state index in [0.29, 0.717) is 5.15 Å². The molecule has 0 saturated carbocycles. The van der Waals surface area contributed by atoms with Crippen LogP contribution in [0.2, 0.25) is 24.8 Å². The summed E-state index contributed by atoms with van der Waals surface area (Å²) in [6, 6.07) is 0. The molecule has 0 aliphatic heterocycles. The van der Waals surface area contributed by atoms with E-state index < -0.39 is 8.07 Å². The maximum absolute atomic E-state index is 6.04. The predicted octanol–water partition coefficient (Wildman–Crippen LogP) is 2.24. The van der Waals surface area contributed by atoms with Gasteiger partial charge in [-0.1, -0.05) is 31.2 Å². The molecular weight excluding hydrogens is 226 g/mol. The van der Waals surface area contributed by atoms with Gasteiger partial charge in [-0.05, 0) is 6.92 Å². The van der Waals surface area contributed by atoms with Gasteiger partial charge in [0.25, 0.3) is 0 Å². The van der Waals surface area contributed by atoms with Crippen molar-refractivity contribution in [2.24, 2.45) is 0 Å². The number of aryl methyl sites for hydroxylation is 1. The largest absolute Gasteiger partial charge is 0.301 e. The maximum atomic E-state index is 6.04. The summed E-state index contributed by atoms with van der Waals surface area (Å²) in [4.78, 5) is 8.52. The van der Waals surface area contributed by atoms with Crippen LogP contribution >= 0.6 is 11.6 Å². The summed E-state index contributed by atoms with van der Waals surface area (Å²) in [5.41, 5.74) is 0.911. The number of rotatable bonds is 1. The molecular formula is C10H14ClN3Si. The van der Waals surface area contributed by atoms with Gasteiger partial charge in [0.2, 0.25) is 0 Å². The van der Waals surface area contributed by atoms with Crippen LogP contribution in [0.1, 0.15) is 5.82 Å². The second-order valence-corrected chi connectivity index (χ2v) is 10.1. The van der Waals surface area contributed by atoms with Crippen LogP contribution in [0.3, 0.4) is 0 Å². The molecule has 0 radical (unpaired) electrons. The number of imidazole rings is 1. The van der Waals surface area contributed by atoms with Crippen molar-refractivity contribution in [3.63, 3.8) is 0 Å². The monoisotopic (exact) mass is 239 g/mol. The van der Waals surface area contributed by atoms with Gasteiger partial charge >= 0.3 is 0 Å². The van der Waals surface area contributed by atoms with Crippen molar-refractivity contribution in [2.45, 2.75) is 26.6 Å². The topological polar surface area (TPSA) is 30.2 Å². The molecule has 0 saturated heterocycles. The standard InChI is InChI=1S/C10H14ClN3Si/c1-7-12-5-8-10(11)13-6-9(14(7)8)15(2,3)4/h5-6H,1-4H3. The van der Waals surface area contributed by atoms with E-state index >= 15 is 0 Å². The van der Waals surface area contributed by atoms with Crippen molar-refractivity contribution >= 4 is 30.5 Å². The summed E-state index contributed by atoms with van der Waals surface area (Å²) in [5, 5.41) is 1.79. The molecule has 0 aliphatic carbocycles. The van der Waals surface area contributed by atoms with Gasteiger partial charge in [-0.3, -0.25) is 0 Å². The molecule has 0 spiro atoms. The smallest absolute Gasteiger partial charge is 0.154 e. The summed E-state index contributed by atoms with van der Waals surface area (Å²) in [6.45, 7) is 8.86. The van der Waals surface area contributed by atoms with Crippen molar-refractivity contribution in [1.29, 1.82) is 0 Å². The third-order valence-corrected chi connectivity index (χ3v) is 4.64. The van der Waals surface area contributed by atoms with E-state index in [2.05, 4.69) is 34.0 Å². The van der Waals surface area contributed by atoms with Crippen LogP contribution in [0.5, 0.6) is 0 Å². The summed E-state index contributed by atoms with van der Waals surface area (Å²) in [7, 11) is -1.41. The lowest BCUT2D eigenvalue weighted by Gasteiger charge is -2.19. The van der Waals surface area contributed by atoms with Crippen LogP contribution in [0.15, 0.2) is 12.4 Å². The second kappa shape index (κ2) is 3.32. The first-order chi connectivity index (χ1) is 6.91. The minimum Gasteiger partial charge on any atom is -0.301 e. The molecule has 0 aromatic carbocycles. The van der Waals surface area contributed by atoms with Gasteiger partial charge in [-0.15, -0.1) is 0 Å². The zero-order chi connectivity index (χ0) is 11.2.